The van der Waals surface area contributed by atoms with Gasteiger partial charge in [-0.3, -0.25) is 18.7 Å². The molecule has 0 fully saturated rings. The van der Waals surface area contributed by atoms with Gasteiger partial charge in [-0.25, -0.2) is 14.6 Å². The maximum Gasteiger partial charge on any atom is 0.433 e. The maximum absolute atomic E-state index is 12.9. The molecular formula is C19H17F3N4O5. The van der Waals surface area contributed by atoms with Gasteiger partial charge in [0.2, 0.25) is 0 Å². The number of nitrogens with zero attached hydrogens (tertiary/aromatic N) is 3. The van der Waals surface area contributed by atoms with Crippen LogP contribution >= 0.6 is 0 Å². The second-order valence-corrected chi connectivity index (χ2v) is 6.84. The van der Waals surface area contributed by atoms with Crippen LogP contribution in [0.5, 0.6) is 0 Å². The van der Waals surface area contributed by atoms with Crippen LogP contribution in [0.3, 0.4) is 0 Å². The third-order valence-corrected chi connectivity index (χ3v) is 4.88. The highest BCUT2D eigenvalue weighted by molar-refractivity contribution is 6.01. The van der Waals surface area contributed by atoms with Gasteiger partial charge in [0.05, 0.1) is 30.3 Å². The summed E-state index contributed by atoms with van der Waals surface area (Å²) in [5.74, 6) is -1.33. The molecule has 0 spiro atoms. The number of rotatable bonds is 4. The second-order valence-electron chi connectivity index (χ2n) is 6.84. The number of hydrogen-bond donors (Lipinski definition) is 1. The zero-order valence-electron chi connectivity index (χ0n) is 16.9. The van der Waals surface area contributed by atoms with Crippen LogP contribution < -0.4 is 11.2 Å². The minimum Gasteiger partial charge on any atom is -0.465 e. The topological polar surface area (TPSA) is 116 Å². The zero-order chi connectivity index (χ0) is 23.2. The lowest BCUT2D eigenvalue weighted by Crippen LogP contribution is -2.41. The number of hydrogen-bond acceptors (Lipinski definition) is 6. The molecule has 0 bridgehead atoms. The molecule has 3 heterocycles. The van der Waals surface area contributed by atoms with Crippen molar-refractivity contribution in [3.8, 4) is 0 Å². The molecule has 3 rings (SSSR count). The number of Topliss-reactive ketones (excluding diaryl/α,β-unsaturated/α-hetero) is 1. The molecule has 0 atom stereocenters. The van der Waals surface area contributed by atoms with Crippen LogP contribution in [-0.4, -0.2) is 38.0 Å². The van der Waals surface area contributed by atoms with Crippen LogP contribution in [-0.2, 0) is 24.5 Å². The van der Waals surface area contributed by atoms with Crippen molar-refractivity contribution in [2.24, 2.45) is 7.05 Å². The Balaban J connectivity index is 2.11. The van der Waals surface area contributed by atoms with E-state index in [9.17, 15) is 32.3 Å². The molecule has 3 aromatic rings. The van der Waals surface area contributed by atoms with Crippen LogP contribution in [0.4, 0.5) is 13.2 Å². The van der Waals surface area contributed by atoms with Crippen LogP contribution in [0.2, 0.25) is 0 Å². The van der Waals surface area contributed by atoms with E-state index in [0.717, 1.165) is 17.7 Å². The Hall–Kier alpha value is -3.70. The standard InChI is InChI=1S/C19H17F3N4O5/c1-8-13(17(29)31-4)9(2)23-14(8)11(27)7-26-16(28)10-5-6-12(19(20,21)22)24-15(10)25(3)18(26)30/h5-6,23H,7H2,1-4H3. The number of esters is 1. The Morgan fingerprint density at radius 1 is 1.19 bits per heavy atom. The number of pyridine rings is 1. The third-order valence-electron chi connectivity index (χ3n) is 4.88. The number of fused-ring (bicyclic) bond motifs is 1. The molecule has 0 saturated heterocycles. The first kappa shape index (κ1) is 22.0. The Kier molecular flexibility index (Phi) is 5.34. The highest BCUT2D eigenvalue weighted by Gasteiger charge is 2.33. The van der Waals surface area contributed by atoms with Crippen LogP contribution in [0.15, 0.2) is 21.7 Å². The summed E-state index contributed by atoms with van der Waals surface area (Å²) in [6, 6.07) is 1.54. The lowest BCUT2D eigenvalue weighted by atomic mass is 10.1. The number of ketones is 1. The minimum absolute atomic E-state index is 0.0116. The van der Waals surface area contributed by atoms with E-state index < -0.39 is 47.1 Å². The van der Waals surface area contributed by atoms with Crippen molar-refractivity contribution in [1.29, 1.82) is 0 Å². The van der Waals surface area contributed by atoms with Crippen molar-refractivity contribution in [2.75, 3.05) is 7.11 Å². The van der Waals surface area contributed by atoms with Gasteiger partial charge in [-0.1, -0.05) is 0 Å². The van der Waals surface area contributed by atoms with Gasteiger partial charge in [0.25, 0.3) is 5.56 Å². The predicted octanol–water partition coefficient (Wildman–Crippen LogP) is 1.73. The molecule has 0 aliphatic heterocycles. The van der Waals surface area contributed by atoms with Crippen molar-refractivity contribution in [3.63, 3.8) is 0 Å². The Labute approximate surface area is 172 Å². The summed E-state index contributed by atoms with van der Waals surface area (Å²) >= 11 is 0. The average molecular weight is 438 g/mol. The molecule has 0 saturated carbocycles. The van der Waals surface area contributed by atoms with Crippen molar-refractivity contribution in [1.82, 2.24) is 19.1 Å². The summed E-state index contributed by atoms with van der Waals surface area (Å²) in [4.78, 5) is 56.2. The van der Waals surface area contributed by atoms with Gasteiger partial charge >= 0.3 is 17.8 Å². The summed E-state index contributed by atoms with van der Waals surface area (Å²) in [6.07, 6.45) is -4.75. The van der Waals surface area contributed by atoms with Crippen molar-refractivity contribution in [3.05, 3.63) is 61.2 Å². The van der Waals surface area contributed by atoms with Gasteiger partial charge in [-0.2, -0.15) is 13.2 Å². The van der Waals surface area contributed by atoms with Gasteiger partial charge in [0, 0.05) is 12.7 Å². The lowest BCUT2D eigenvalue weighted by Gasteiger charge is -2.12. The molecule has 0 aliphatic rings. The SMILES string of the molecule is COC(=O)c1c(C)[nH]c(C(=O)Cn2c(=O)c3ccc(C(F)(F)F)nc3n(C)c2=O)c1C. The number of methoxy groups -OCH3 is 1. The first-order chi connectivity index (χ1) is 14.4. The van der Waals surface area contributed by atoms with E-state index in [1.807, 2.05) is 0 Å². The number of aromatic nitrogens is 4. The first-order valence-corrected chi connectivity index (χ1v) is 8.87. The number of H-pyrrole nitrogens is 1. The zero-order valence-corrected chi connectivity index (χ0v) is 16.9. The molecule has 164 valence electrons. The molecule has 9 nitrogen and oxygen atoms in total. The number of carbonyl (C=O) groups is 2. The lowest BCUT2D eigenvalue weighted by molar-refractivity contribution is -0.141. The summed E-state index contributed by atoms with van der Waals surface area (Å²) in [5.41, 5.74) is -2.84. The first-order valence-electron chi connectivity index (χ1n) is 8.87. The van der Waals surface area contributed by atoms with E-state index in [-0.39, 0.29) is 22.2 Å². The highest BCUT2D eigenvalue weighted by Crippen LogP contribution is 2.28. The minimum atomic E-state index is -4.75. The van der Waals surface area contributed by atoms with E-state index in [0.29, 0.717) is 16.3 Å². The van der Waals surface area contributed by atoms with Gasteiger partial charge in [0.15, 0.2) is 5.78 Å². The Morgan fingerprint density at radius 3 is 2.42 bits per heavy atom. The van der Waals surface area contributed by atoms with Gasteiger partial charge < -0.3 is 9.72 Å². The highest BCUT2D eigenvalue weighted by atomic mass is 19.4. The van der Waals surface area contributed by atoms with E-state index in [1.165, 1.54) is 14.0 Å². The van der Waals surface area contributed by atoms with Gasteiger partial charge in [-0.05, 0) is 31.5 Å². The Morgan fingerprint density at radius 2 is 1.84 bits per heavy atom. The van der Waals surface area contributed by atoms with E-state index in [1.54, 1.807) is 6.92 Å². The molecule has 3 aromatic heterocycles. The fourth-order valence-electron chi connectivity index (χ4n) is 3.33. The number of nitrogens with one attached hydrogen (secondary N) is 1. The molecule has 0 aromatic carbocycles. The smallest absolute Gasteiger partial charge is 0.433 e. The van der Waals surface area contributed by atoms with Crippen molar-refractivity contribution >= 4 is 22.8 Å². The summed E-state index contributed by atoms with van der Waals surface area (Å²) < 4.78 is 44.8. The number of carbonyl (C=O) groups excluding carboxylic acids is 2. The molecule has 1 N–H and O–H groups in total. The van der Waals surface area contributed by atoms with Crippen molar-refractivity contribution < 1.29 is 27.5 Å². The Bertz CT molecular complexity index is 1350. The van der Waals surface area contributed by atoms with Crippen LogP contribution in [0.25, 0.3) is 11.0 Å². The van der Waals surface area contributed by atoms with E-state index in [4.69, 9.17) is 0 Å². The van der Waals surface area contributed by atoms with Crippen LogP contribution in [0.1, 0.15) is 37.8 Å². The average Bonchev–Trinajstić information content (AvgIpc) is 3.01. The molecule has 12 heteroatoms. The fourth-order valence-corrected chi connectivity index (χ4v) is 3.33. The van der Waals surface area contributed by atoms with Crippen molar-refractivity contribution in [2.45, 2.75) is 26.6 Å². The van der Waals surface area contributed by atoms with E-state index in [2.05, 4.69) is 14.7 Å². The number of aryl methyl sites for hydroxylation is 2. The fraction of sp³-hybridized carbons (Fsp3) is 0.316. The second kappa shape index (κ2) is 7.52. The predicted molar refractivity (Wildman–Crippen MR) is 102 cm³/mol. The summed E-state index contributed by atoms with van der Waals surface area (Å²) in [6.45, 7) is 2.37. The van der Waals surface area contributed by atoms with Gasteiger partial charge in [0.1, 0.15) is 11.3 Å². The quantitative estimate of drug-likeness (QED) is 0.490. The van der Waals surface area contributed by atoms with Gasteiger partial charge in [-0.15, -0.1) is 0 Å². The molecule has 0 unspecified atom stereocenters. The third kappa shape index (κ3) is 3.64. The number of ether oxygens (including phenoxy) is 1. The van der Waals surface area contributed by atoms with E-state index >= 15 is 0 Å². The normalized spacial score (nSPS) is 11.7. The number of aromatic amines is 1. The monoisotopic (exact) mass is 438 g/mol. The van der Waals surface area contributed by atoms with Crippen LogP contribution in [0, 0.1) is 13.8 Å². The molecule has 31 heavy (non-hydrogen) atoms. The maximum atomic E-state index is 12.9. The molecular weight excluding hydrogens is 421 g/mol. The number of alkyl halides is 3. The molecule has 0 aliphatic carbocycles. The largest absolute Gasteiger partial charge is 0.465 e. The molecule has 0 radical (unpaired) electrons. The number of halogens is 3. The summed E-state index contributed by atoms with van der Waals surface area (Å²) in [5, 5.41) is -0.252. The molecule has 0 amide bonds. The summed E-state index contributed by atoms with van der Waals surface area (Å²) in [7, 11) is 2.34.